The largest absolute Gasteiger partial charge is 0.279 e. The Bertz CT molecular complexity index is 502. The van der Waals surface area contributed by atoms with Crippen molar-refractivity contribution in [3.8, 4) is 0 Å². The van der Waals surface area contributed by atoms with Crippen molar-refractivity contribution < 1.29 is 4.39 Å². The zero-order valence-electron chi connectivity index (χ0n) is 9.84. The molecule has 0 aliphatic rings. The van der Waals surface area contributed by atoms with Gasteiger partial charge in [0.25, 0.3) is 0 Å². The highest BCUT2D eigenvalue weighted by atomic mass is 19.1. The normalized spacial score (nSPS) is 12.2. The van der Waals surface area contributed by atoms with E-state index in [9.17, 15) is 4.39 Å². The summed E-state index contributed by atoms with van der Waals surface area (Å²) in [5, 5.41) is 7.88. The molecule has 0 aromatic carbocycles. The smallest absolute Gasteiger partial charge is 0.181 e. The second-order valence-electron chi connectivity index (χ2n) is 4.76. The minimum atomic E-state index is -0.317. The van der Waals surface area contributed by atoms with Crippen molar-refractivity contribution in [2.24, 2.45) is 0 Å². The van der Waals surface area contributed by atoms with Crippen LogP contribution in [0.1, 0.15) is 39.3 Å². The van der Waals surface area contributed by atoms with Gasteiger partial charge in [-0.15, -0.1) is 0 Å². The van der Waals surface area contributed by atoms with E-state index < -0.39 is 0 Å². The quantitative estimate of drug-likeness (QED) is 0.864. The predicted molar refractivity (Wildman–Crippen MR) is 61.8 cm³/mol. The zero-order valence-corrected chi connectivity index (χ0v) is 9.84. The average Bonchev–Trinajstić information content (AvgIpc) is 2.60. The maximum absolute atomic E-state index is 13.2. The van der Waals surface area contributed by atoms with E-state index >= 15 is 0 Å². The first kappa shape index (κ1) is 11.0. The zero-order chi connectivity index (χ0) is 11.8. The van der Waals surface area contributed by atoms with Crippen LogP contribution in [0.4, 0.5) is 4.39 Å². The molecule has 2 aromatic heterocycles. The third kappa shape index (κ3) is 1.79. The molecule has 0 amide bonds. The van der Waals surface area contributed by atoms with E-state index in [1.165, 1.54) is 12.3 Å². The summed E-state index contributed by atoms with van der Waals surface area (Å²) in [6.07, 6.45) is 3.30. The van der Waals surface area contributed by atoms with E-state index in [-0.39, 0.29) is 11.2 Å². The Morgan fingerprint density at radius 2 is 2.19 bits per heavy atom. The number of aromatic nitrogens is 3. The van der Waals surface area contributed by atoms with Crippen LogP contribution < -0.4 is 0 Å². The van der Waals surface area contributed by atoms with E-state index in [0.717, 1.165) is 23.9 Å². The first-order valence-corrected chi connectivity index (χ1v) is 5.54. The first-order valence-electron chi connectivity index (χ1n) is 5.54. The van der Waals surface area contributed by atoms with E-state index in [1.54, 1.807) is 0 Å². The van der Waals surface area contributed by atoms with Crippen molar-refractivity contribution in [2.45, 2.75) is 39.0 Å². The number of halogens is 1. The molecule has 86 valence electrons. The van der Waals surface area contributed by atoms with Gasteiger partial charge in [0.05, 0.1) is 11.9 Å². The van der Waals surface area contributed by atoms with Gasteiger partial charge in [0.1, 0.15) is 5.82 Å². The van der Waals surface area contributed by atoms with Gasteiger partial charge in [-0.3, -0.25) is 5.10 Å². The molecule has 4 heteroatoms. The monoisotopic (exact) mass is 221 g/mol. The molecule has 0 aliphatic heterocycles. The van der Waals surface area contributed by atoms with Gasteiger partial charge in [-0.05, 0) is 12.5 Å². The lowest BCUT2D eigenvalue weighted by molar-refractivity contribution is 0.462. The van der Waals surface area contributed by atoms with Crippen LogP contribution in [0.15, 0.2) is 12.3 Å². The molecular formula is C12H16FN3. The van der Waals surface area contributed by atoms with E-state index in [2.05, 4.69) is 36.0 Å². The maximum Gasteiger partial charge on any atom is 0.181 e. The minimum Gasteiger partial charge on any atom is -0.279 e. The summed E-state index contributed by atoms with van der Waals surface area (Å²) in [6, 6.07) is 1.50. The summed E-state index contributed by atoms with van der Waals surface area (Å²) < 4.78 is 13.2. The standard InChI is InChI=1S/C12H16FN3/c1-4-5-12(2,3)10-9-6-8(13)7-14-11(9)16-15-10/h6-7H,4-5H2,1-3H3,(H,14,15,16). The van der Waals surface area contributed by atoms with Gasteiger partial charge in [0, 0.05) is 10.8 Å². The topological polar surface area (TPSA) is 41.6 Å². The van der Waals surface area contributed by atoms with Crippen LogP contribution in [0.5, 0.6) is 0 Å². The number of nitrogens with one attached hydrogen (secondary N) is 1. The molecule has 2 aromatic rings. The highest BCUT2D eigenvalue weighted by molar-refractivity contribution is 5.78. The fourth-order valence-corrected chi connectivity index (χ4v) is 2.14. The van der Waals surface area contributed by atoms with E-state index in [4.69, 9.17) is 0 Å². The summed E-state index contributed by atoms with van der Waals surface area (Å²) in [5.41, 5.74) is 1.52. The summed E-state index contributed by atoms with van der Waals surface area (Å²) in [5.74, 6) is -0.317. The second-order valence-corrected chi connectivity index (χ2v) is 4.76. The molecule has 0 atom stereocenters. The molecule has 1 N–H and O–H groups in total. The number of fused-ring (bicyclic) bond motifs is 1. The van der Waals surface area contributed by atoms with Crippen LogP contribution in [0.25, 0.3) is 11.0 Å². The van der Waals surface area contributed by atoms with Gasteiger partial charge in [-0.2, -0.15) is 5.10 Å². The van der Waals surface area contributed by atoms with Crippen molar-refractivity contribution in [3.05, 3.63) is 23.8 Å². The molecule has 0 saturated heterocycles. The SMILES string of the molecule is CCCC(C)(C)c1[nH]nc2ncc(F)cc12. The summed E-state index contributed by atoms with van der Waals surface area (Å²) in [4.78, 5) is 3.96. The molecule has 0 aliphatic carbocycles. The molecule has 0 spiro atoms. The Labute approximate surface area is 94.1 Å². The maximum atomic E-state index is 13.2. The average molecular weight is 221 g/mol. The predicted octanol–water partition coefficient (Wildman–Crippen LogP) is 3.17. The van der Waals surface area contributed by atoms with Crippen LogP contribution in [0.3, 0.4) is 0 Å². The van der Waals surface area contributed by atoms with Crippen molar-refractivity contribution in [2.75, 3.05) is 0 Å². The van der Waals surface area contributed by atoms with Crippen LogP contribution in [0, 0.1) is 5.82 Å². The van der Waals surface area contributed by atoms with Gasteiger partial charge in [0.2, 0.25) is 0 Å². The van der Waals surface area contributed by atoms with Crippen molar-refractivity contribution in [3.63, 3.8) is 0 Å². The Morgan fingerprint density at radius 3 is 2.88 bits per heavy atom. The minimum absolute atomic E-state index is 0.0288. The molecule has 0 saturated carbocycles. The van der Waals surface area contributed by atoms with E-state index in [0.29, 0.717) is 5.65 Å². The summed E-state index contributed by atoms with van der Waals surface area (Å²) in [6.45, 7) is 6.40. The molecule has 2 rings (SSSR count). The lowest BCUT2D eigenvalue weighted by Crippen LogP contribution is -2.17. The van der Waals surface area contributed by atoms with Crippen LogP contribution in [-0.4, -0.2) is 15.2 Å². The van der Waals surface area contributed by atoms with Crippen molar-refractivity contribution in [1.29, 1.82) is 0 Å². The molecule has 0 bridgehead atoms. The highest BCUT2D eigenvalue weighted by Gasteiger charge is 2.24. The number of H-pyrrole nitrogens is 1. The third-order valence-corrected chi connectivity index (χ3v) is 2.93. The molecule has 3 nitrogen and oxygen atoms in total. The van der Waals surface area contributed by atoms with Crippen LogP contribution in [0.2, 0.25) is 0 Å². The lowest BCUT2D eigenvalue weighted by atomic mass is 9.83. The first-order chi connectivity index (χ1) is 7.54. The van der Waals surface area contributed by atoms with E-state index in [1.807, 2.05) is 0 Å². The second kappa shape index (κ2) is 3.85. The third-order valence-electron chi connectivity index (χ3n) is 2.93. The Hall–Kier alpha value is -1.45. The highest BCUT2D eigenvalue weighted by Crippen LogP contribution is 2.31. The number of hydrogen-bond acceptors (Lipinski definition) is 2. The van der Waals surface area contributed by atoms with Gasteiger partial charge >= 0.3 is 0 Å². The van der Waals surface area contributed by atoms with Crippen molar-refractivity contribution >= 4 is 11.0 Å². The fraction of sp³-hybridized carbons (Fsp3) is 0.500. The van der Waals surface area contributed by atoms with Gasteiger partial charge in [-0.25, -0.2) is 9.37 Å². The number of pyridine rings is 1. The number of nitrogens with zero attached hydrogens (tertiary/aromatic N) is 2. The Kier molecular flexibility index (Phi) is 2.66. The Balaban J connectivity index is 2.56. The molecular weight excluding hydrogens is 205 g/mol. The molecule has 0 radical (unpaired) electrons. The molecule has 2 heterocycles. The summed E-state index contributed by atoms with van der Waals surface area (Å²) in [7, 11) is 0. The summed E-state index contributed by atoms with van der Waals surface area (Å²) >= 11 is 0. The van der Waals surface area contributed by atoms with Gasteiger partial charge in [0.15, 0.2) is 5.65 Å². The molecule has 0 fully saturated rings. The Morgan fingerprint density at radius 1 is 1.44 bits per heavy atom. The van der Waals surface area contributed by atoms with Gasteiger partial charge in [-0.1, -0.05) is 27.2 Å². The fourth-order valence-electron chi connectivity index (χ4n) is 2.14. The van der Waals surface area contributed by atoms with Gasteiger partial charge < -0.3 is 0 Å². The molecule has 16 heavy (non-hydrogen) atoms. The van der Waals surface area contributed by atoms with Crippen LogP contribution in [-0.2, 0) is 5.41 Å². The number of hydrogen-bond donors (Lipinski definition) is 1. The number of aromatic amines is 1. The van der Waals surface area contributed by atoms with Crippen molar-refractivity contribution in [1.82, 2.24) is 15.2 Å². The lowest BCUT2D eigenvalue weighted by Gasteiger charge is -2.22. The van der Waals surface area contributed by atoms with Crippen LogP contribution >= 0.6 is 0 Å². The molecule has 0 unspecified atom stereocenters. The number of rotatable bonds is 3.